The zero-order valence-corrected chi connectivity index (χ0v) is 20.9. The summed E-state index contributed by atoms with van der Waals surface area (Å²) in [5.74, 6) is 2.02. The molecule has 0 radical (unpaired) electrons. The SMILES string of the molecule is CO.CO.Oc1ccc2c(c1)CC[C@H](c1ccccc1)[C@@H]2c1ccc(OCCN2CCCC2)cc1. The first-order chi connectivity index (χ1) is 17.3. The predicted molar refractivity (Wildman–Crippen MR) is 141 cm³/mol. The molecule has 0 bridgehead atoms. The van der Waals surface area contributed by atoms with E-state index >= 15 is 0 Å². The summed E-state index contributed by atoms with van der Waals surface area (Å²) in [4.78, 5) is 2.48. The Bertz CT molecular complexity index is 1000. The number of nitrogens with zero attached hydrogens (tertiary/aromatic N) is 1. The Morgan fingerprint density at radius 1 is 0.829 bits per heavy atom. The number of rotatable bonds is 6. The fourth-order valence-corrected chi connectivity index (χ4v) is 5.35. The molecule has 1 aliphatic carbocycles. The highest BCUT2D eigenvalue weighted by atomic mass is 16.5. The van der Waals surface area contributed by atoms with E-state index in [-0.39, 0.29) is 5.92 Å². The van der Waals surface area contributed by atoms with E-state index < -0.39 is 0 Å². The predicted octanol–water partition coefficient (Wildman–Crippen LogP) is 4.95. The van der Waals surface area contributed by atoms with Crippen molar-refractivity contribution in [2.24, 2.45) is 0 Å². The molecule has 1 heterocycles. The van der Waals surface area contributed by atoms with Gasteiger partial charge in [-0.1, -0.05) is 48.5 Å². The summed E-state index contributed by atoms with van der Waals surface area (Å²) in [7, 11) is 2.00. The number of aromatic hydroxyl groups is 1. The van der Waals surface area contributed by atoms with Gasteiger partial charge in [-0.3, -0.25) is 4.90 Å². The van der Waals surface area contributed by atoms with Gasteiger partial charge in [0.05, 0.1) is 0 Å². The number of fused-ring (bicyclic) bond motifs is 1. The molecule has 5 nitrogen and oxygen atoms in total. The maximum atomic E-state index is 10.0. The summed E-state index contributed by atoms with van der Waals surface area (Å²) >= 11 is 0. The monoisotopic (exact) mass is 477 g/mol. The minimum Gasteiger partial charge on any atom is -0.508 e. The Morgan fingerprint density at radius 2 is 1.51 bits per heavy atom. The molecule has 188 valence electrons. The van der Waals surface area contributed by atoms with Crippen LogP contribution in [0, 0.1) is 0 Å². The second-order valence-corrected chi connectivity index (χ2v) is 8.88. The fourth-order valence-electron chi connectivity index (χ4n) is 5.35. The number of ether oxygens (including phenoxy) is 1. The average Bonchev–Trinajstić information content (AvgIpc) is 3.45. The van der Waals surface area contributed by atoms with E-state index in [1.54, 1.807) is 0 Å². The third kappa shape index (κ3) is 6.85. The standard InChI is InChI=1S/C28H31NO2.2CH4O/c30-24-11-15-27-23(20-24)10-14-26(21-6-2-1-3-7-21)28(27)22-8-12-25(13-9-22)31-19-18-29-16-4-5-17-29;2*1-2/h1-3,6-9,11-13,15,20,26,28,30H,4-5,10,14,16-19H2;2*2H,1H3/t26-,28+;;/m1../s1. The van der Waals surface area contributed by atoms with Crippen LogP contribution >= 0.6 is 0 Å². The summed E-state index contributed by atoms with van der Waals surface area (Å²) in [6, 6.07) is 25.4. The second-order valence-electron chi connectivity index (χ2n) is 8.88. The molecule has 0 amide bonds. The largest absolute Gasteiger partial charge is 0.508 e. The molecule has 1 fully saturated rings. The van der Waals surface area contributed by atoms with Gasteiger partial charge in [-0.15, -0.1) is 0 Å². The van der Waals surface area contributed by atoms with Gasteiger partial charge in [-0.05, 0) is 91.2 Å². The van der Waals surface area contributed by atoms with Gasteiger partial charge in [0.2, 0.25) is 0 Å². The van der Waals surface area contributed by atoms with Crippen LogP contribution in [0.4, 0.5) is 0 Å². The zero-order chi connectivity index (χ0) is 25.0. The van der Waals surface area contributed by atoms with E-state index in [9.17, 15) is 5.11 Å². The third-order valence-electron chi connectivity index (χ3n) is 6.93. The van der Waals surface area contributed by atoms with Gasteiger partial charge in [0.1, 0.15) is 18.1 Å². The van der Waals surface area contributed by atoms with Crippen LogP contribution < -0.4 is 4.74 Å². The first-order valence-corrected chi connectivity index (χ1v) is 12.5. The van der Waals surface area contributed by atoms with Crippen molar-refractivity contribution in [1.29, 1.82) is 0 Å². The lowest BCUT2D eigenvalue weighted by molar-refractivity contribution is 0.237. The minimum absolute atomic E-state index is 0.283. The summed E-state index contributed by atoms with van der Waals surface area (Å²) in [6.07, 6.45) is 4.71. The normalized spacial score (nSPS) is 19.0. The molecular formula is C30H39NO4. The number of phenolic OH excluding ortho intramolecular Hbond substituents is 1. The maximum absolute atomic E-state index is 10.0. The number of hydrogen-bond donors (Lipinski definition) is 3. The van der Waals surface area contributed by atoms with Gasteiger partial charge < -0.3 is 20.1 Å². The maximum Gasteiger partial charge on any atom is 0.119 e. The quantitative estimate of drug-likeness (QED) is 0.469. The van der Waals surface area contributed by atoms with Crippen molar-refractivity contribution in [3.63, 3.8) is 0 Å². The van der Waals surface area contributed by atoms with Gasteiger partial charge in [0.15, 0.2) is 0 Å². The second kappa shape index (κ2) is 13.9. The molecule has 1 saturated heterocycles. The Labute approximate surface area is 209 Å². The lowest BCUT2D eigenvalue weighted by Gasteiger charge is -2.35. The molecule has 1 aliphatic heterocycles. The Kier molecular flexibility index (Phi) is 10.6. The number of aliphatic hydroxyl groups excluding tert-OH is 2. The van der Waals surface area contributed by atoms with Crippen molar-refractivity contribution in [3.8, 4) is 11.5 Å². The van der Waals surface area contributed by atoms with E-state index in [4.69, 9.17) is 14.9 Å². The van der Waals surface area contributed by atoms with Crippen molar-refractivity contribution >= 4 is 0 Å². The van der Waals surface area contributed by atoms with Crippen molar-refractivity contribution in [1.82, 2.24) is 4.90 Å². The average molecular weight is 478 g/mol. The Morgan fingerprint density at radius 3 is 2.20 bits per heavy atom. The van der Waals surface area contributed by atoms with Crippen LogP contribution in [0.2, 0.25) is 0 Å². The van der Waals surface area contributed by atoms with Gasteiger partial charge in [0, 0.05) is 26.7 Å². The molecular weight excluding hydrogens is 438 g/mol. The highest BCUT2D eigenvalue weighted by molar-refractivity contribution is 5.48. The third-order valence-corrected chi connectivity index (χ3v) is 6.93. The van der Waals surface area contributed by atoms with Gasteiger partial charge in [-0.25, -0.2) is 0 Å². The van der Waals surface area contributed by atoms with Crippen LogP contribution in [0.25, 0.3) is 0 Å². The lowest BCUT2D eigenvalue weighted by Crippen LogP contribution is -2.25. The summed E-state index contributed by atoms with van der Waals surface area (Å²) in [6.45, 7) is 4.18. The van der Waals surface area contributed by atoms with Crippen LogP contribution in [0.3, 0.4) is 0 Å². The van der Waals surface area contributed by atoms with Crippen LogP contribution in [0.1, 0.15) is 53.4 Å². The summed E-state index contributed by atoms with van der Waals surface area (Å²) < 4.78 is 6.03. The Balaban J connectivity index is 0.000000815. The van der Waals surface area contributed by atoms with Gasteiger partial charge >= 0.3 is 0 Å². The fraction of sp³-hybridized carbons (Fsp3) is 0.400. The minimum atomic E-state index is 0.283. The molecule has 3 N–H and O–H groups in total. The van der Waals surface area contributed by atoms with Crippen LogP contribution in [-0.2, 0) is 6.42 Å². The van der Waals surface area contributed by atoms with Crippen LogP contribution in [-0.4, -0.2) is 60.7 Å². The molecule has 5 heteroatoms. The number of hydrogen-bond acceptors (Lipinski definition) is 5. The highest BCUT2D eigenvalue weighted by Gasteiger charge is 2.32. The van der Waals surface area contributed by atoms with Crippen LogP contribution in [0.5, 0.6) is 11.5 Å². The highest BCUT2D eigenvalue weighted by Crippen LogP contribution is 2.47. The number of aryl methyl sites for hydroxylation is 1. The van der Waals surface area contributed by atoms with E-state index in [0.29, 0.717) is 11.7 Å². The molecule has 35 heavy (non-hydrogen) atoms. The summed E-state index contributed by atoms with van der Waals surface area (Å²) in [5.41, 5.74) is 5.30. The van der Waals surface area contributed by atoms with E-state index in [1.807, 2.05) is 12.1 Å². The molecule has 2 aliphatic rings. The van der Waals surface area contributed by atoms with Crippen molar-refractivity contribution in [2.75, 3.05) is 40.5 Å². The van der Waals surface area contributed by atoms with Gasteiger partial charge in [0.25, 0.3) is 0 Å². The molecule has 0 unspecified atom stereocenters. The number of aliphatic hydroxyl groups is 2. The van der Waals surface area contributed by atoms with Gasteiger partial charge in [-0.2, -0.15) is 0 Å². The zero-order valence-electron chi connectivity index (χ0n) is 20.9. The first-order valence-electron chi connectivity index (χ1n) is 12.5. The van der Waals surface area contributed by atoms with Crippen molar-refractivity contribution in [2.45, 2.75) is 37.5 Å². The van der Waals surface area contributed by atoms with Crippen molar-refractivity contribution < 1.29 is 20.1 Å². The summed E-state index contributed by atoms with van der Waals surface area (Å²) in [5, 5.41) is 24.0. The molecule has 0 aromatic heterocycles. The topological polar surface area (TPSA) is 73.2 Å². The number of likely N-dealkylation sites (tertiary alicyclic amines) is 1. The van der Waals surface area contributed by atoms with Crippen LogP contribution in [0.15, 0.2) is 72.8 Å². The molecule has 3 aromatic carbocycles. The molecule has 2 atom stereocenters. The molecule has 5 rings (SSSR count). The molecule has 0 saturated carbocycles. The Hall–Kier alpha value is -2.86. The number of phenols is 1. The number of benzene rings is 3. The smallest absolute Gasteiger partial charge is 0.119 e. The lowest BCUT2D eigenvalue weighted by atomic mass is 9.69. The first kappa shape index (κ1) is 26.7. The molecule has 0 spiro atoms. The van der Waals surface area contributed by atoms with Crippen molar-refractivity contribution in [3.05, 3.63) is 95.1 Å². The van der Waals surface area contributed by atoms with E-state index in [1.165, 1.54) is 48.2 Å². The van der Waals surface area contributed by atoms with E-state index in [0.717, 1.165) is 46.0 Å². The van der Waals surface area contributed by atoms with E-state index in [2.05, 4.69) is 65.6 Å². The molecule has 3 aromatic rings.